The fourth-order valence-corrected chi connectivity index (χ4v) is 1.93. The van der Waals surface area contributed by atoms with Crippen molar-refractivity contribution in [1.82, 2.24) is 4.90 Å². The fourth-order valence-electron chi connectivity index (χ4n) is 1.93. The Labute approximate surface area is 84.2 Å². The molecular formula is C10H17N3O. The first-order valence-electron chi connectivity index (χ1n) is 4.97. The topological polar surface area (TPSA) is 64.5 Å². The largest absolute Gasteiger partial charge is 0.379 e. The number of nitrogens with two attached hydrogens (primary N) is 2. The number of ether oxygens (including phenoxy) is 1. The molecule has 0 amide bonds. The fraction of sp³-hybridized carbons (Fsp3) is 0.600. The molecule has 4 N–H and O–H groups in total. The quantitative estimate of drug-likeness (QED) is 0.588. The second kappa shape index (κ2) is 3.82. The summed E-state index contributed by atoms with van der Waals surface area (Å²) in [7, 11) is 0. The van der Waals surface area contributed by atoms with E-state index >= 15 is 0 Å². The van der Waals surface area contributed by atoms with Crippen molar-refractivity contribution in [3.05, 3.63) is 24.3 Å². The predicted molar refractivity (Wildman–Crippen MR) is 55.6 cm³/mol. The average Bonchev–Trinajstić information content (AvgIpc) is 2.24. The zero-order chi connectivity index (χ0) is 10.0. The molecule has 4 nitrogen and oxygen atoms in total. The first-order chi connectivity index (χ1) is 6.73. The molecule has 4 heteroatoms. The standard InChI is InChI=1S/C10H17N3O/c11-9-3-1-2-4-10(9,12)13-5-7-14-8-6-13/h1-4,9H,5-8,11-12H2. The van der Waals surface area contributed by atoms with Crippen LogP contribution >= 0.6 is 0 Å². The Hall–Kier alpha value is -0.680. The molecule has 0 radical (unpaired) electrons. The molecule has 78 valence electrons. The number of rotatable bonds is 1. The Morgan fingerprint density at radius 3 is 2.64 bits per heavy atom. The van der Waals surface area contributed by atoms with Gasteiger partial charge in [-0.15, -0.1) is 0 Å². The molecule has 1 fully saturated rings. The van der Waals surface area contributed by atoms with Gasteiger partial charge in [0.15, 0.2) is 0 Å². The van der Waals surface area contributed by atoms with Crippen LogP contribution in [0.1, 0.15) is 0 Å². The maximum absolute atomic E-state index is 6.28. The van der Waals surface area contributed by atoms with Gasteiger partial charge in [0.1, 0.15) is 5.66 Å². The Balaban J connectivity index is 2.13. The summed E-state index contributed by atoms with van der Waals surface area (Å²) >= 11 is 0. The highest BCUT2D eigenvalue weighted by Gasteiger charge is 2.36. The SMILES string of the molecule is NC1C=CC=CC1(N)N1CCOCC1. The molecule has 2 rings (SSSR count). The van der Waals surface area contributed by atoms with Crippen molar-refractivity contribution < 1.29 is 4.74 Å². The summed E-state index contributed by atoms with van der Waals surface area (Å²) < 4.78 is 5.29. The first-order valence-corrected chi connectivity index (χ1v) is 4.97. The van der Waals surface area contributed by atoms with Crippen molar-refractivity contribution in [2.45, 2.75) is 11.7 Å². The molecule has 0 aromatic carbocycles. The Morgan fingerprint density at radius 2 is 2.00 bits per heavy atom. The van der Waals surface area contributed by atoms with E-state index in [1.807, 2.05) is 24.3 Å². The van der Waals surface area contributed by atoms with Gasteiger partial charge >= 0.3 is 0 Å². The van der Waals surface area contributed by atoms with Crippen molar-refractivity contribution in [1.29, 1.82) is 0 Å². The van der Waals surface area contributed by atoms with Crippen LogP contribution in [0.3, 0.4) is 0 Å². The zero-order valence-corrected chi connectivity index (χ0v) is 8.23. The maximum atomic E-state index is 6.28. The number of nitrogens with zero attached hydrogens (tertiary/aromatic N) is 1. The lowest BCUT2D eigenvalue weighted by molar-refractivity contribution is -0.00826. The maximum Gasteiger partial charge on any atom is 0.108 e. The van der Waals surface area contributed by atoms with Crippen LogP contribution in [0.4, 0.5) is 0 Å². The summed E-state index contributed by atoms with van der Waals surface area (Å²) in [5.41, 5.74) is 11.8. The lowest BCUT2D eigenvalue weighted by atomic mass is 9.94. The van der Waals surface area contributed by atoms with Crippen molar-refractivity contribution in [3.63, 3.8) is 0 Å². The number of hydrogen-bond acceptors (Lipinski definition) is 4. The van der Waals surface area contributed by atoms with Gasteiger partial charge in [0, 0.05) is 13.1 Å². The molecule has 1 saturated heterocycles. The van der Waals surface area contributed by atoms with Crippen LogP contribution in [0.25, 0.3) is 0 Å². The average molecular weight is 195 g/mol. The van der Waals surface area contributed by atoms with Gasteiger partial charge < -0.3 is 16.2 Å². The molecule has 1 aliphatic carbocycles. The normalized spacial score (nSPS) is 38.9. The molecule has 0 aromatic rings. The number of hydrogen-bond donors (Lipinski definition) is 2. The third kappa shape index (κ3) is 1.62. The summed E-state index contributed by atoms with van der Waals surface area (Å²) in [6.07, 6.45) is 7.81. The Bertz CT molecular complexity index is 258. The zero-order valence-electron chi connectivity index (χ0n) is 8.23. The minimum atomic E-state index is -0.529. The molecule has 14 heavy (non-hydrogen) atoms. The molecule has 1 heterocycles. The molecule has 0 bridgehead atoms. The molecular weight excluding hydrogens is 178 g/mol. The van der Waals surface area contributed by atoms with Crippen LogP contribution in [-0.2, 0) is 4.74 Å². The van der Waals surface area contributed by atoms with Crippen LogP contribution in [0.2, 0.25) is 0 Å². The van der Waals surface area contributed by atoms with Crippen molar-refractivity contribution in [2.24, 2.45) is 11.5 Å². The first kappa shape index (κ1) is 9.86. The van der Waals surface area contributed by atoms with Gasteiger partial charge in [-0.05, 0) is 6.08 Å². The summed E-state index contributed by atoms with van der Waals surface area (Å²) in [5, 5.41) is 0. The lowest BCUT2D eigenvalue weighted by Crippen LogP contribution is -2.67. The smallest absolute Gasteiger partial charge is 0.108 e. The van der Waals surface area contributed by atoms with Crippen LogP contribution in [0, 0.1) is 0 Å². The van der Waals surface area contributed by atoms with Crippen LogP contribution in [0.15, 0.2) is 24.3 Å². The van der Waals surface area contributed by atoms with Gasteiger partial charge in [-0.1, -0.05) is 18.2 Å². The van der Waals surface area contributed by atoms with Crippen molar-refractivity contribution in [2.75, 3.05) is 26.3 Å². The molecule has 0 aromatic heterocycles. The molecule has 0 saturated carbocycles. The van der Waals surface area contributed by atoms with Gasteiger partial charge in [0.25, 0.3) is 0 Å². The third-order valence-corrected chi connectivity index (χ3v) is 2.89. The molecule has 2 unspecified atom stereocenters. The van der Waals surface area contributed by atoms with Crippen LogP contribution < -0.4 is 11.5 Å². The summed E-state index contributed by atoms with van der Waals surface area (Å²) in [4.78, 5) is 2.18. The highest BCUT2D eigenvalue weighted by molar-refractivity contribution is 5.25. The molecule has 2 atom stereocenters. The minimum absolute atomic E-state index is 0.134. The Morgan fingerprint density at radius 1 is 1.29 bits per heavy atom. The summed E-state index contributed by atoms with van der Waals surface area (Å²) in [6.45, 7) is 3.18. The van der Waals surface area contributed by atoms with Gasteiger partial charge in [-0.2, -0.15) is 0 Å². The highest BCUT2D eigenvalue weighted by atomic mass is 16.5. The second-order valence-corrected chi connectivity index (χ2v) is 3.76. The summed E-state index contributed by atoms with van der Waals surface area (Å²) in [5.74, 6) is 0. The minimum Gasteiger partial charge on any atom is -0.379 e. The van der Waals surface area contributed by atoms with E-state index in [0.717, 1.165) is 26.3 Å². The summed E-state index contributed by atoms with van der Waals surface area (Å²) in [6, 6.07) is -0.134. The van der Waals surface area contributed by atoms with E-state index in [1.165, 1.54) is 0 Å². The highest BCUT2D eigenvalue weighted by Crippen LogP contribution is 2.20. The van der Waals surface area contributed by atoms with E-state index in [-0.39, 0.29) is 6.04 Å². The second-order valence-electron chi connectivity index (χ2n) is 3.76. The van der Waals surface area contributed by atoms with Crippen molar-refractivity contribution >= 4 is 0 Å². The third-order valence-electron chi connectivity index (χ3n) is 2.89. The van der Waals surface area contributed by atoms with E-state index in [4.69, 9.17) is 16.2 Å². The monoisotopic (exact) mass is 195 g/mol. The van der Waals surface area contributed by atoms with Crippen molar-refractivity contribution in [3.8, 4) is 0 Å². The van der Waals surface area contributed by atoms with E-state index in [0.29, 0.717) is 0 Å². The van der Waals surface area contributed by atoms with E-state index in [1.54, 1.807) is 0 Å². The van der Waals surface area contributed by atoms with Crippen LogP contribution in [0.5, 0.6) is 0 Å². The molecule has 0 spiro atoms. The van der Waals surface area contributed by atoms with Gasteiger partial charge in [-0.25, -0.2) is 0 Å². The molecule has 2 aliphatic rings. The van der Waals surface area contributed by atoms with Gasteiger partial charge in [0.05, 0.1) is 19.3 Å². The van der Waals surface area contributed by atoms with Crippen LogP contribution in [-0.4, -0.2) is 42.9 Å². The predicted octanol–water partition coefficient (Wildman–Crippen LogP) is -0.573. The van der Waals surface area contributed by atoms with E-state index < -0.39 is 5.66 Å². The van der Waals surface area contributed by atoms with Gasteiger partial charge in [-0.3, -0.25) is 4.90 Å². The Kier molecular flexibility index (Phi) is 2.69. The van der Waals surface area contributed by atoms with Gasteiger partial charge in [0.2, 0.25) is 0 Å². The lowest BCUT2D eigenvalue weighted by Gasteiger charge is -2.44. The number of morpholine rings is 1. The van der Waals surface area contributed by atoms with E-state index in [2.05, 4.69) is 4.90 Å². The molecule has 1 aliphatic heterocycles. The van der Waals surface area contributed by atoms with E-state index in [9.17, 15) is 0 Å². The number of allylic oxidation sites excluding steroid dienone is 2.